The minimum absolute atomic E-state index is 0.332. The molecule has 0 aromatic heterocycles. The number of nitrogens with two attached hydrogens (primary N) is 1. The summed E-state index contributed by atoms with van der Waals surface area (Å²) in [5, 5.41) is 0. The minimum Gasteiger partial charge on any atom is -0.496 e. The van der Waals surface area contributed by atoms with Crippen molar-refractivity contribution in [3.63, 3.8) is 0 Å². The highest BCUT2D eigenvalue weighted by Crippen LogP contribution is 2.37. The maximum atomic E-state index is 5.73. The second-order valence-electron chi connectivity index (χ2n) is 5.66. The lowest BCUT2D eigenvalue weighted by Crippen LogP contribution is -2.28. The molecular weight excluding hydrogens is 236 g/mol. The van der Waals surface area contributed by atoms with Crippen molar-refractivity contribution in [3.8, 4) is 5.75 Å². The van der Waals surface area contributed by atoms with E-state index in [1.807, 2.05) is 0 Å². The van der Waals surface area contributed by atoms with Gasteiger partial charge in [-0.1, -0.05) is 13.0 Å². The minimum atomic E-state index is 0.332. The normalized spacial score (nSPS) is 14.5. The van der Waals surface area contributed by atoms with Gasteiger partial charge in [0.05, 0.1) is 7.11 Å². The molecule has 0 heterocycles. The first kappa shape index (κ1) is 16.0. The van der Waals surface area contributed by atoms with Gasteiger partial charge in [0.25, 0.3) is 0 Å². The van der Waals surface area contributed by atoms with Crippen LogP contribution in [0.4, 0.5) is 0 Å². The molecule has 0 saturated carbocycles. The first-order valence-corrected chi connectivity index (χ1v) is 6.94. The third-order valence-electron chi connectivity index (χ3n) is 3.73. The van der Waals surface area contributed by atoms with Crippen LogP contribution in [0.25, 0.3) is 0 Å². The maximum Gasteiger partial charge on any atom is 0.124 e. The van der Waals surface area contributed by atoms with Crippen LogP contribution < -0.4 is 10.5 Å². The average Bonchev–Trinajstić information content (AvgIpc) is 2.31. The third-order valence-corrected chi connectivity index (χ3v) is 3.73. The Kier molecular flexibility index (Phi) is 5.83. The lowest BCUT2D eigenvalue weighted by atomic mass is 9.87. The van der Waals surface area contributed by atoms with Crippen molar-refractivity contribution >= 4 is 0 Å². The molecule has 0 fully saturated rings. The van der Waals surface area contributed by atoms with E-state index in [9.17, 15) is 0 Å². The summed E-state index contributed by atoms with van der Waals surface area (Å²) in [7, 11) is 5.99. The molecule has 19 heavy (non-hydrogen) atoms. The summed E-state index contributed by atoms with van der Waals surface area (Å²) in [6.45, 7) is 7.25. The largest absolute Gasteiger partial charge is 0.496 e. The fourth-order valence-electron chi connectivity index (χ4n) is 2.96. The van der Waals surface area contributed by atoms with Gasteiger partial charge in [0.2, 0.25) is 0 Å². The Hall–Kier alpha value is -1.06. The maximum absolute atomic E-state index is 5.73. The zero-order valence-electron chi connectivity index (χ0n) is 13.2. The molecule has 1 rings (SSSR count). The lowest BCUT2D eigenvalue weighted by Gasteiger charge is -2.33. The highest BCUT2D eigenvalue weighted by Gasteiger charge is 2.26. The van der Waals surface area contributed by atoms with Crippen LogP contribution in [0.3, 0.4) is 0 Å². The van der Waals surface area contributed by atoms with Crippen LogP contribution in [0.1, 0.15) is 36.1 Å². The van der Waals surface area contributed by atoms with E-state index in [0.717, 1.165) is 18.7 Å². The molecule has 0 aliphatic carbocycles. The second-order valence-corrected chi connectivity index (χ2v) is 5.66. The molecule has 0 radical (unpaired) electrons. The van der Waals surface area contributed by atoms with Crippen LogP contribution in [0.2, 0.25) is 0 Å². The fraction of sp³-hybridized carbons (Fsp3) is 0.625. The van der Waals surface area contributed by atoms with Crippen molar-refractivity contribution < 1.29 is 4.74 Å². The van der Waals surface area contributed by atoms with Crippen LogP contribution >= 0.6 is 0 Å². The number of benzene rings is 1. The standard InChI is InChI=1S/C16H28N2O/c1-11-9-13(3)15(14(10-11)19-6)16(18(4)5)12(2)7-8-17/h9-10,12,16H,7-8,17H2,1-6H3. The van der Waals surface area contributed by atoms with E-state index in [1.54, 1.807) is 7.11 Å². The summed E-state index contributed by atoms with van der Waals surface area (Å²) in [5.74, 6) is 1.48. The first-order valence-electron chi connectivity index (χ1n) is 6.94. The van der Waals surface area contributed by atoms with Gasteiger partial charge in [-0.25, -0.2) is 0 Å². The van der Waals surface area contributed by atoms with Crippen LogP contribution in [-0.4, -0.2) is 32.6 Å². The van der Waals surface area contributed by atoms with E-state index in [2.05, 4.69) is 51.9 Å². The number of hydrogen-bond acceptors (Lipinski definition) is 3. The Morgan fingerprint density at radius 1 is 1.26 bits per heavy atom. The summed E-state index contributed by atoms with van der Waals surface area (Å²) in [6.07, 6.45) is 1.01. The van der Waals surface area contributed by atoms with E-state index in [-0.39, 0.29) is 0 Å². The van der Waals surface area contributed by atoms with Crippen molar-refractivity contribution in [3.05, 3.63) is 28.8 Å². The monoisotopic (exact) mass is 264 g/mol. The molecule has 1 aromatic rings. The number of aryl methyl sites for hydroxylation is 2. The molecule has 0 spiro atoms. The van der Waals surface area contributed by atoms with Crippen LogP contribution in [0.5, 0.6) is 5.75 Å². The molecule has 108 valence electrons. The predicted molar refractivity (Wildman–Crippen MR) is 81.7 cm³/mol. The van der Waals surface area contributed by atoms with Gasteiger partial charge in [0, 0.05) is 11.6 Å². The summed E-state index contributed by atoms with van der Waals surface area (Å²) in [4.78, 5) is 2.26. The molecule has 2 N–H and O–H groups in total. The SMILES string of the molecule is COc1cc(C)cc(C)c1C(C(C)CCN)N(C)C. The molecule has 2 unspecified atom stereocenters. The third kappa shape index (κ3) is 3.71. The number of rotatable bonds is 6. The lowest BCUT2D eigenvalue weighted by molar-refractivity contribution is 0.210. The quantitative estimate of drug-likeness (QED) is 0.858. The Balaban J connectivity index is 3.29. The Morgan fingerprint density at radius 2 is 1.89 bits per heavy atom. The molecule has 0 amide bonds. The average molecular weight is 264 g/mol. The van der Waals surface area contributed by atoms with E-state index in [4.69, 9.17) is 10.5 Å². The highest BCUT2D eigenvalue weighted by atomic mass is 16.5. The van der Waals surface area contributed by atoms with Gasteiger partial charge in [-0.15, -0.1) is 0 Å². The zero-order valence-corrected chi connectivity index (χ0v) is 13.2. The van der Waals surface area contributed by atoms with Crippen molar-refractivity contribution in [2.45, 2.75) is 33.2 Å². The van der Waals surface area contributed by atoms with Crippen molar-refractivity contribution in [2.75, 3.05) is 27.7 Å². The van der Waals surface area contributed by atoms with Gasteiger partial charge in [0.15, 0.2) is 0 Å². The Labute approximate surface area is 117 Å². The summed E-state index contributed by atoms with van der Waals surface area (Å²) < 4.78 is 5.61. The number of ether oxygens (including phenoxy) is 1. The fourth-order valence-corrected chi connectivity index (χ4v) is 2.96. The molecule has 0 saturated heterocycles. The molecule has 0 aliphatic heterocycles. The van der Waals surface area contributed by atoms with Crippen molar-refractivity contribution in [1.29, 1.82) is 0 Å². The van der Waals surface area contributed by atoms with Gasteiger partial charge in [-0.05, 0) is 64.0 Å². The molecule has 1 aromatic carbocycles. The topological polar surface area (TPSA) is 38.5 Å². The summed E-state index contributed by atoms with van der Waals surface area (Å²) in [6, 6.07) is 4.68. The van der Waals surface area contributed by atoms with E-state index >= 15 is 0 Å². The Morgan fingerprint density at radius 3 is 2.37 bits per heavy atom. The van der Waals surface area contributed by atoms with Crippen LogP contribution in [0.15, 0.2) is 12.1 Å². The van der Waals surface area contributed by atoms with Gasteiger partial charge >= 0.3 is 0 Å². The zero-order chi connectivity index (χ0) is 14.6. The van der Waals surface area contributed by atoms with Gasteiger partial charge in [0.1, 0.15) is 5.75 Å². The molecule has 2 atom stereocenters. The van der Waals surface area contributed by atoms with Crippen LogP contribution in [0, 0.1) is 19.8 Å². The highest BCUT2D eigenvalue weighted by molar-refractivity contribution is 5.45. The molecule has 0 aliphatic rings. The van der Waals surface area contributed by atoms with E-state index in [1.165, 1.54) is 16.7 Å². The molecule has 3 heteroatoms. The predicted octanol–water partition coefficient (Wildman–Crippen LogP) is 2.90. The first-order chi connectivity index (χ1) is 8.92. The number of nitrogens with zero attached hydrogens (tertiary/aromatic N) is 1. The molecule has 0 bridgehead atoms. The van der Waals surface area contributed by atoms with E-state index < -0.39 is 0 Å². The van der Waals surface area contributed by atoms with Crippen molar-refractivity contribution in [2.24, 2.45) is 11.7 Å². The van der Waals surface area contributed by atoms with Crippen LogP contribution in [-0.2, 0) is 0 Å². The van der Waals surface area contributed by atoms with Gasteiger partial charge in [-0.2, -0.15) is 0 Å². The van der Waals surface area contributed by atoms with Gasteiger partial charge < -0.3 is 15.4 Å². The van der Waals surface area contributed by atoms with Gasteiger partial charge in [-0.3, -0.25) is 0 Å². The molecule has 3 nitrogen and oxygen atoms in total. The van der Waals surface area contributed by atoms with Crippen molar-refractivity contribution in [1.82, 2.24) is 4.90 Å². The molecular formula is C16H28N2O. The summed E-state index contributed by atoms with van der Waals surface area (Å²) in [5.41, 5.74) is 9.55. The number of hydrogen-bond donors (Lipinski definition) is 1. The van der Waals surface area contributed by atoms with E-state index in [0.29, 0.717) is 12.0 Å². The smallest absolute Gasteiger partial charge is 0.124 e. The number of methoxy groups -OCH3 is 1. The second kappa shape index (κ2) is 6.92. The Bertz CT molecular complexity index is 415. The summed E-state index contributed by atoms with van der Waals surface area (Å²) >= 11 is 0.